The van der Waals surface area contributed by atoms with Crippen LogP contribution in [0.1, 0.15) is 26.3 Å². The van der Waals surface area contributed by atoms with Crippen molar-refractivity contribution in [2.75, 3.05) is 31.3 Å². The Morgan fingerprint density at radius 3 is 2.19 bits per heavy atom. The third kappa shape index (κ3) is 6.43. The Kier molecular flexibility index (Phi) is 7.59. The van der Waals surface area contributed by atoms with Gasteiger partial charge in [0.05, 0.1) is 6.54 Å². The molecule has 32 heavy (non-hydrogen) atoms. The van der Waals surface area contributed by atoms with Gasteiger partial charge >= 0.3 is 0 Å². The van der Waals surface area contributed by atoms with Crippen molar-refractivity contribution < 1.29 is 14.4 Å². The molecule has 3 amide bonds. The standard InChI is InChI=1S/C25H26N4O3/c1-29(2)25(32)19-11-13-21(14-12-19)26-17-23(30)28-22-10-6-9-20(15-22)24(31)27-16-18-7-4-3-5-8-18/h3-15,26H,16-17H2,1-2H3,(H,27,31)(H,28,30). The van der Waals surface area contributed by atoms with Crippen molar-refractivity contribution in [1.82, 2.24) is 10.2 Å². The van der Waals surface area contributed by atoms with E-state index in [2.05, 4.69) is 16.0 Å². The lowest BCUT2D eigenvalue weighted by atomic mass is 10.1. The zero-order chi connectivity index (χ0) is 22.9. The number of hydrogen-bond donors (Lipinski definition) is 3. The molecule has 3 N–H and O–H groups in total. The van der Waals surface area contributed by atoms with Gasteiger partial charge in [-0.25, -0.2) is 0 Å². The molecule has 0 aliphatic carbocycles. The molecule has 164 valence electrons. The Bertz CT molecular complexity index is 1080. The van der Waals surface area contributed by atoms with Gasteiger partial charge in [0.1, 0.15) is 0 Å². The molecule has 0 atom stereocenters. The van der Waals surface area contributed by atoms with Crippen molar-refractivity contribution in [3.63, 3.8) is 0 Å². The minimum absolute atomic E-state index is 0.0470. The maximum absolute atomic E-state index is 12.4. The van der Waals surface area contributed by atoms with Gasteiger partial charge in [0.2, 0.25) is 5.91 Å². The predicted octanol–water partition coefficient (Wildman–Crippen LogP) is 3.37. The van der Waals surface area contributed by atoms with E-state index in [-0.39, 0.29) is 24.3 Å². The van der Waals surface area contributed by atoms with E-state index in [0.29, 0.717) is 23.4 Å². The lowest BCUT2D eigenvalue weighted by Gasteiger charge is -2.12. The summed E-state index contributed by atoms with van der Waals surface area (Å²) in [5.74, 6) is -0.544. The number of nitrogens with zero attached hydrogens (tertiary/aromatic N) is 1. The number of carbonyl (C=O) groups is 3. The van der Waals surface area contributed by atoms with Crippen LogP contribution < -0.4 is 16.0 Å². The molecule has 0 aliphatic rings. The summed E-state index contributed by atoms with van der Waals surface area (Å²) in [4.78, 5) is 38.2. The summed E-state index contributed by atoms with van der Waals surface area (Å²) in [5, 5.41) is 8.67. The molecule has 3 aromatic carbocycles. The van der Waals surface area contributed by atoms with Crippen molar-refractivity contribution in [1.29, 1.82) is 0 Å². The number of hydrogen-bond acceptors (Lipinski definition) is 4. The summed E-state index contributed by atoms with van der Waals surface area (Å²) in [7, 11) is 3.39. The molecule has 0 saturated carbocycles. The number of rotatable bonds is 8. The molecule has 0 radical (unpaired) electrons. The fourth-order valence-corrected chi connectivity index (χ4v) is 2.99. The Balaban J connectivity index is 1.51. The van der Waals surface area contributed by atoms with Crippen LogP contribution in [0.3, 0.4) is 0 Å². The Labute approximate surface area is 187 Å². The molecule has 3 aromatic rings. The number of nitrogens with one attached hydrogen (secondary N) is 3. The smallest absolute Gasteiger partial charge is 0.253 e. The monoisotopic (exact) mass is 430 g/mol. The van der Waals surface area contributed by atoms with E-state index >= 15 is 0 Å². The van der Waals surface area contributed by atoms with Gasteiger partial charge in [-0.05, 0) is 48.0 Å². The number of benzene rings is 3. The highest BCUT2D eigenvalue weighted by atomic mass is 16.2. The predicted molar refractivity (Wildman–Crippen MR) is 126 cm³/mol. The molecular formula is C25H26N4O3. The van der Waals surface area contributed by atoms with Gasteiger partial charge in [-0.15, -0.1) is 0 Å². The second-order valence-electron chi connectivity index (χ2n) is 7.43. The lowest BCUT2D eigenvalue weighted by molar-refractivity contribution is -0.114. The summed E-state index contributed by atoms with van der Waals surface area (Å²) < 4.78 is 0. The van der Waals surface area contributed by atoms with Crippen LogP contribution in [0.2, 0.25) is 0 Å². The lowest BCUT2D eigenvalue weighted by Crippen LogP contribution is -2.24. The second-order valence-corrected chi connectivity index (χ2v) is 7.43. The summed E-state index contributed by atoms with van der Waals surface area (Å²) in [5.41, 5.74) is 3.32. The highest BCUT2D eigenvalue weighted by molar-refractivity contribution is 5.98. The van der Waals surface area contributed by atoms with E-state index in [0.717, 1.165) is 11.3 Å². The second kappa shape index (κ2) is 10.8. The Hall–Kier alpha value is -4.13. The fraction of sp³-hybridized carbons (Fsp3) is 0.160. The topological polar surface area (TPSA) is 90.5 Å². The average molecular weight is 431 g/mol. The van der Waals surface area contributed by atoms with Gasteiger partial charge in [-0.3, -0.25) is 14.4 Å². The molecule has 0 bridgehead atoms. The first kappa shape index (κ1) is 22.6. The highest BCUT2D eigenvalue weighted by Crippen LogP contribution is 2.13. The van der Waals surface area contributed by atoms with Gasteiger partial charge in [0.25, 0.3) is 11.8 Å². The number of carbonyl (C=O) groups excluding carboxylic acids is 3. The van der Waals surface area contributed by atoms with E-state index in [1.165, 1.54) is 4.90 Å². The first-order valence-corrected chi connectivity index (χ1v) is 10.2. The summed E-state index contributed by atoms with van der Waals surface area (Å²) >= 11 is 0. The Morgan fingerprint density at radius 1 is 0.781 bits per heavy atom. The molecule has 0 fully saturated rings. The van der Waals surface area contributed by atoms with Crippen LogP contribution in [0.4, 0.5) is 11.4 Å². The van der Waals surface area contributed by atoms with Crippen LogP contribution in [-0.2, 0) is 11.3 Å². The molecule has 7 nitrogen and oxygen atoms in total. The van der Waals surface area contributed by atoms with Crippen molar-refractivity contribution in [2.24, 2.45) is 0 Å². The van der Waals surface area contributed by atoms with Gasteiger partial charge in [0, 0.05) is 43.1 Å². The van der Waals surface area contributed by atoms with Gasteiger partial charge in [0.15, 0.2) is 0 Å². The molecule has 0 spiro atoms. The number of amides is 3. The molecule has 0 saturated heterocycles. The maximum atomic E-state index is 12.4. The van der Waals surface area contributed by atoms with E-state index < -0.39 is 0 Å². The molecule has 0 heterocycles. The SMILES string of the molecule is CN(C)C(=O)c1ccc(NCC(=O)Nc2cccc(C(=O)NCc3ccccc3)c2)cc1. The zero-order valence-electron chi connectivity index (χ0n) is 18.1. The van der Waals surface area contributed by atoms with Gasteiger partial charge in [-0.1, -0.05) is 36.4 Å². The van der Waals surface area contributed by atoms with E-state index in [1.807, 2.05) is 30.3 Å². The normalized spacial score (nSPS) is 10.2. The summed E-state index contributed by atoms with van der Waals surface area (Å²) in [6, 6.07) is 23.4. The maximum Gasteiger partial charge on any atom is 0.253 e. The quantitative estimate of drug-likeness (QED) is 0.511. The largest absolute Gasteiger partial charge is 0.376 e. The van der Waals surface area contributed by atoms with Crippen LogP contribution in [0.15, 0.2) is 78.9 Å². The minimum Gasteiger partial charge on any atom is -0.376 e. The number of anilines is 2. The van der Waals surface area contributed by atoms with Crippen LogP contribution in [-0.4, -0.2) is 43.3 Å². The first-order chi connectivity index (χ1) is 15.4. The van der Waals surface area contributed by atoms with E-state index in [1.54, 1.807) is 62.6 Å². The minimum atomic E-state index is -0.250. The van der Waals surface area contributed by atoms with Crippen molar-refractivity contribution in [3.05, 3.63) is 95.6 Å². The molecule has 0 aromatic heterocycles. The Morgan fingerprint density at radius 2 is 1.50 bits per heavy atom. The molecule has 0 unspecified atom stereocenters. The zero-order valence-corrected chi connectivity index (χ0v) is 18.1. The van der Waals surface area contributed by atoms with Crippen LogP contribution >= 0.6 is 0 Å². The van der Waals surface area contributed by atoms with Crippen LogP contribution in [0, 0.1) is 0 Å². The molecular weight excluding hydrogens is 404 g/mol. The summed E-state index contributed by atoms with van der Waals surface area (Å²) in [6.45, 7) is 0.477. The summed E-state index contributed by atoms with van der Waals surface area (Å²) in [6.07, 6.45) is 0. The van der Waals surface area contributed by atoms with Crippen LogP contribution in [0.5, 0.6) is 0 Å². The fourth-order valence-electron chi connectivity index (χ4n) is 2.99. The van der Waals surface area contributed by atoms with E-state index in [4.69, 9.17) is 0 Å². The molecule has 0 aliphatic heterocycles. The van der Waals surface area contributed by atoms with Crippen molar-refractivity contribution in [2.45, 2.75) is 6.54 Å². The third-order valence-electron chi connectivity index (χ3n) is 4.70. The highest BCUT2D eigenvalue weighted by Gasteiger charge is 2.09. The third-order valence-corrected chi connectivity index (χ3v) is 4.70. The van der Waals surface area contributed by atoms with Gasteiger partial charge in [-0.2, -0.15) is 0 Å². The van der Waals surface area contributed by atoms with Crippen LogP contribution in [0.25, 0.3) is 0 Å². The average Bonchev–Trinajstić information content (AvgIpc) is 2.82. The molecule has 7 heteroatoms. The first-order valence-electron chi connectivity index (χ1n) is 10.2. The molecule has 3 rings (SSSR count). The van der Waals surface area contributed by atoms with E-state index in [9.17, 15) is 14.4 Å². The van der Waals surface area contributed by atoms with Gasteiger partial charge < -0.3 is 20.9 Å². The van der Waals surface area contributed by atoms with Crippen molar-refractivity contribution >= 4 is 29.1 Å². The van der Waals surface area contributed by atoms with Crippen molar-refractivity contribution in [3.8, 4) is 0 Å².